The normalized spacial score (nSPS) is 12.2. The molecule has 1 N–H and O–H groups in total. The van der Waals surface area contributed by atoms with Crippen LogP contribution in [0.1, 0.15) is 36.7 Å². The Balaban J connectivity index is 2.15. The summed E-state index contributed by atoms with van der Waals surface area (Å²) in [6, 6.07) is 8.82. The van der Waals surface area contributed by atoms with Crippen molar-refractivity contribution in [2.75, 3.05) is 5.32 Å². The van der Waals surface area contributed by atoms with Crippen LogP contribution < -0.4 is 5.32 Å². The number of nitrogens with zero attached hydrogens (tertiary/aromatic N) is 2. The van der Waals surface area contributed by atoms with Gasteiger partial charge in [0.25, 0.3) is 5.91 Å². The Morgan fingerprint density at radius 1 is 1.37 bits per heavy atom. The highest BCUT2D eigenvalue weighted by Crippen LogP contribution is 2.17. The first-order chi connectivity index (χ1) is 9.11. The molecule has 1 aromatic carbocycles. The molecule has 0 saturated carbocycles. The van der Waals surface area contributed by atoms with E-state index in [0.29, 0.717) is 16.4 Å². The number of nitrogens with one attached hydrogen (secondary N) is 1. The summed E-state index contributed by atoms with van der Waals surface area (Å²) in [4.78, 5) is 12.1. The van der Waals surface area contributed by atoms with E-state index in [1.54, 1.807) is 36.5 Å². The molecule has 0 aliphatic rings. The van der Waals surface area contributed by atoms with E-state index in [1.807, 2.05) is 4.68 Å². The lowest BCUT2D eigenvalue weighted by Crippen LogP contribution is -2.17. The number of hydrogen-bond donors (Lipinski definition) is 1. The lowest BCUT2D eigenvalue weighted by atomic mass is 10.2. The molecule has 0 aliphatic carbocycles. The number of anilines is 1. The summed E-state index contributed by atoms with van der Waals surface area (Å²) in [7, 11) is 0. The van der Waals surface area contributed by atoms with Crippen molar-refractivity contribution in [2.45, 2.75) is 26.3 Å². The van der Waals surface area contributed by atoms with Crippen LogP contribution in [-0.4, -0.2) is 15.7 Å². The van der Waals surface area contributed by atoms with Gasteiger partial charge in [0.2, 0.25) is 0 Å². The Kier molecular flexibility index (Phi) is 4.22. The van der Waals surface area contributed by atoms with Crippen LogP contribution in [0.5, 0.6) is 0 Å². The SMILES string of the molecule is CCC(C)n1nccc1NC(=O)c1ccc(Cl)cc1. The fourth-order valence-electron chi connectivity index (χ4n) is 1.73. The van der Waals surface area contributed by atoms with Gasteiger partial charge in [-0.15, -0.1) is 0 Å². The second-order valence-electron chi connectivity index (χ2n) is 4.38. The molecule has 0 aliphatic heterocycles. The molecule has 0 spiro atoms. The molecule has 5 heteroatoms. The van der Waals surface area contributed by atoms with E-state index in [2.05, 4.69) is 24.3 Å². The van der Waals surface area contributed by atoms with E-state index in [0.717, 1.165) is 6.42 Å². The third-order valence-corrected chi connectivity index (χ3v) is 3.28. The average Bonchev–Trinajstić information content (AvgIpc) is 2.86. The molecule has 0 bridgehead atoms. The third-order valence-electron chi connectivity index (χ3n) is 3.03. The molecule has 4 nitrogen and oxygen atoms in total. The first-order valence-electron chi connectivity index (χ1n) is 6.22. The van der Waals surface area contributed by atoms with Crippen molar-refractivity contribution in [1.29, 1.82) is 0 Å². The minimum atomic E-state index is -0.165. The van der Waals surface area contributed by atoms with Gasteiger partial charge < -0.3 is 5.32 Å². The first kappa shape index (κ1) is 13.6. The van der Waals surface area contributed by atoms with Gasteiger partial charge in [-0.1, -0.05) is 18.5 Å². The Morgan fingerprint density at radius 3 is 2.68 bits per heavy atom. The summed E-state index contributed by atoms with van der Waals surface area (Å²) in [5.41, 5.74) is 0.571. The maximum atomic E-state index is 12.1. The molecule has 1 unspecified atom stereocenters. The fourth-order valence-corrected chi connectivity index (χ4v) is 1.85. The number of hydrogen-bond acceptors (Lipinski definition) is 2. The number of rotatable bonds is 4. The molecule has 0 fully saturated rings. The van der Waals surface area contributed by atoms with E-state index >= 15 is 0 Å². The topological polar surface area (TPSA) is 46.9 Å². The standard InChI is InChI=1S/C14H16ClN3O/c1-3-10(2)18-13(8-9-16-18)17-14(19)11-4-6-12(15)7-5-11/h4-10H,3H2,1-2H3,(H,17,19). The molecule has 0 saturated heterocycles. The average molecular weight is 278 g/mol. The molecule has 1 atom stereocenters. The molecule has 1 aromatic heterocycles. The van der Waals surface area contributed by atoms with Crippen molar-refractivity contribution in [3.05, 3.63) is 47.1 Å². The Bertz CT molecular complexity index is 562. The van der Waals surface area contributed by atoms with Crippen molar-refractivity contribution in [2.24, 2.45) is 0 Å². The molecule has 2 rings (SSSR count). The smallest absolute Gasteiger partial charge is 0.256 e. The van der Waals surface area contributed by atoms with Gasteiger partial charge in [0.05, 0.1) is 12.2 Å². The number of carbonyl (C=O) groups excluding carboxylic acids is 1. The van der Waals surface area contributed by atoms with Gasteiger partial charge in [0, 0.05) is 16.7 Å². The minimum Gasteiger partial charge on any atom is -0.307 e. The predicted molar refractivity (Wildman–Crippen MR) is 76.6 cm³/mol. The Morgan fingerprint density at radius 2 is 2.05 bits per heavy atom. The Labute approximate surface area is 117 Å². The second-order valence-corrected chi connectivity index (χ2v) is 4.82. The highest BCUT2D eigenvalue weighted by Gasteiger charge is 2.12. The molecular weight excluding hydrogens is 262 g/mol. The first-order valence-corrected chi connectivity index (χ1v) is 6.60. The van der Waals surface area contributed by atoms with E-state index < -0.39 is 0 Å². The van der Waals surface area contributed by atoms with Crippen LogP contribution in [0.3, 0.4) is 0 Å². The van der Waals surface area contributed by atoms with Gasteiger partial charge >= 0.3 is 0 Å². The lowest BCUT2D eigenvalue weighted by molar-refractivity contribution is 0.102. The lowest BCUT2D eigenvalue weighted by Gasteiger charge is -2.14. The molecule has 19 heavy (non-hydrogen) atoms. The van der Waals surface area contributed by atoms with Gasteiger partial charge in [-0.05, 0) is 37.6 Å². The monoisotopic (exact) mass is 277 g/mol. The number of halogens is 1. The fraction of sp³-hybridized carbons (Fsp3) is 0.286. The zero-order valence-electron chi connectivity index (χ0n) is 10.9. The largest absolute Gasteiger partial charge is 0.307 e. The van der Waals surface area contributed by atoms with Crippen molar-refractivity contribution in [1.82, 2.24) is 9.78 Å². The van der Waals surface area contributed by atoms with Crippen LogP contribution in [0, 0.1) is 0 Å². The molecule has 100 valence electrons. The van der Waals surface area contributed by atoms with Crippen molar-refractivity contribution in [3.8, 4) is 0 Å². The summed E-state index contributed by atoms with van der Waals surface area (Å²) in [6.45, 7) is 4.14. The number of aromatic nitrogens is 2. The van der Waals surface area contributed by atoms with Crippen molar-refractivity contribution < 1.29 is 4.79 Å². The molecule has 2 aromatic rings. The minimum absolute atomic E-state index is 0.165. The van der Waals surface area contributed by atoms with E-state index in [1.165, 1.54) is 0 Å². The maximum absolute atomic E-state index is 12.1. The van der Waals surface area contributed by atoms with Gasteiger partial charge in [-0.2, -0.15) is 5.10 Å². The van der Waals surface area contributed by atoms with Crippen molar-refractivity contribution >= 4 is 23.3 Å². The van der Waals surface area contributed by atoms with Crippen LogP contribution in [0.2, 0.25) is 5.02 Å². The van der Waals surface area contributed by atoms with Gasteiger partial charge in [-0.3, -0.25) is 4.79 Å². The number of carbonyl (C=O) groups is 1. The summed E-state index contributed by atoms with van der Waals surface area (Å²) < 4.78 is 1.81. The van der Waals surface area contributed by atoms with Crippen LogP contribution in [0.25, 0.3) is 0 Å². The van der Waals surface area contributed by atoms with Crippen LogP contribution in [-0.2, 0) is 0 Å². The van der Waals surface area contributed by atoms with Crippen LogP contribution in [0.4, 0.5) is 5.82 Å². The molecule has 1 heterocycles. The zero-order chi connectivity index (χ0) is 13.8. The van der Waals surface area contributed by atoms with Gasteiger partial charge in [-0.25, -0.2) is 4.68 Å². The van der Waals surface area contributed by atoms with E-state index in [4.69, 9.17) is 11.6 Å². The maximum Gasteiger partial charge on any atom is 0.256 e. The molecule has 1 amide bonds. The Hall–Kier alpha value is -1.81. The number of amides is 1. The van der Waals surface area contributed by atoms with Gasteiger partial charge in [0.15, 0.2) is 0 Å². The van der Waals surface area contributed by atoms with Crippen molar-refractivity contribution in [3.63, 3.8) is 0 Å². The predicted octanol–water partition coefficient (Wildman–Crippen LogP) is 3.76. The van der Waals surface area contributed by atoms with Crippen LogP contribution in [0.15, 0.2) is 36.5 Å². The summed E-state index contributed by atoms with van der Waals surface area (Å²) in [5.74, 6) is 0.538. The van der Waals surface area contributed by atoms with Gasteiger partial charge in [0.1, 0.15) is 5.82 Å². The molecule has 0 radical (unpaired) electrons. The van der Waals surface area contributed by atoms with E-state index in [9.17, 15) is 4.79 Å². The summed E-state index contributed by atoms with van der Waals surface area (Å²) in [6.07, 6.45) is 2.63. The molecular formula is C14H16ClN3O. The second kappa shape index (κ2) is 5.89. The summed E-state index contributed by atoms with van der Waals surface area (Å²) >= 11 is 5.80. The highest BCUT2D eigenvalue weighted by atomic mass is 35.5. The zero-order valence-corrected chi connectivity index (χ0v) is 11.7. The number of benzene rings is 1. The highest BCUT2D eigenvalue weighted by molar-refractivity contribution is 6.30. The third kappa shape index (κ3) is 3.15. The summed E-state index contributed by atoms with van der Waals surface area (Å²) in [5, 5.41) is 7.70. The van der Waals surface area contributed by atoms with E-state index in [-0.39, 0.29) is 11.9 Å². The van der Waals surface area contributed by atoms with Crippen LogP contribution >= 0.6 is 11.6 Å². The quantitative estimate of drug-likeness (QED) is 0.925.